The van der Waals surface area contributed by atoms with Crippen LogP contribution in [0.25, 0.3) is 0 Å². The lowest BCUT2D eigenvalue weighted by Crippen LogP contribution is -2.46. The summed E-state index contributed by atoms with van der Waals surface area (Å²) in [6.45, 7) is 11.1. The van der Waals surface area contributed by atoms with Gasteiger partial charge in [-0.1, -0.05) is 29.5 Å². The topological polar surface area (TPSA) is 9.23 Å². The summed E-state index contributed by atoms with van der Waals surface area (Å²) in [7, 11) is 0. The van der Waals surface area contributed by atoms with Gasteiger partial charge in [-0.15, -0.1) is 0 Å². The van der Waals surface area contributed by atoms with Crippen molar-refractivity contribution in [3.05, 3.63) is 0 Å². The second-order valence-electron chi connectivity index (χ2n) is 5.47. The molecule has 1 unspecified atom stereocenters. The highest BCUT2D eigenvalue weighted by Crippen LogP contribution is 2.41. The van der Waals surface area contributed by atoms with Gasteiger partial charge in [-0.05, 0) is 46.5 Å². The average Bonchev–Trinajstić information content (AvgIpc) is 1.79. The molecule has 0 aliphatic carbocycles. The van der Waals surface area contributed by atoms with Crippen LogP contribution in [-0.2, 0) is 4.74 Å². The molecule has 1 saturated heterocycles. The van der Waals surface area contributed by atoms with Crippen LogP contribution in [0.15, 0.2) is 0 Å². The Hall–Kier alpha value is 0.690. The van der Waals surface area contributed by atoms with E-state index in [1.165, 1.54) is 12.8 Å². The van der Waals surface area contributed by atoms with E-state index < -0.39 is 0 Å². The van der Waals surface area contributed by atoms with Crippen molar-refractivity contribution >= 4 is 22.6 Å². The van der Waals surface area contributed by atoms with E-state index in [4.69, 9.17) is 4.74 Å². The van der Waals surface area contributed by atoms with Crippen LogP contribution in [0.2, 0.25) is 0 Å². The van der Waals surface area contributed by atoms with Crippen LogP contribution >= 0.6 is 22.6 Å². The van der Waals surface area contributed by atoms with Crippen LogP contribution in [0.5, 0.6) is 0 Å². The van der Waals surface area contributed by atoms with Crippen LogP contribution < -0.4 is 0 Å². The Labute approximate surface area is 95.8 Å². The van der Waals surface area contributed by atoms with Crippen LogP contribution in [0, 0.1) is 5.92 Å². The van der Waals surface area contributed by atoms with Crippen molar-refractivity contribution in [1.82, 2.24) is 0 Å². The molecule has 0 bridgehead atoms. The Morgan fingerprint density at radius 1 is 1.15 bits per heavy atom. The third-order valence-electron chi connectivity index (χ3n) is 2.71. The molecule has 1 nitrogen and oxygen atoms in total. The van der Waals surface area contributed by atoms with Crippen molar-refractivity contribution < 1.29 is 4.74 Å². The fourth-order valence-electron chi connectivity index (χ4n) is 2.49. The number of halogens is 1. The maximum Gasteiger partial charge on any atom is 0.0636 e. The Bertz CT molecular complexity index is 169. The van der Waals surface area contributed by atoms with E-state index in [0.717, 1.165) is 9.84 Å². The minimum atomic E-state index is 0.0614. The molecule has 0 aromatic carbocycles. The van der Waals surface area contributed by atoms with E-state index in [2.05, 4.69) is 57.2 Å². The number of rotatable bonds is 1. The Morgan fingerprint density at radius 3 is 1.85 bits per heavy atom. The summed E-state index contributed by atoms with van der Waals surface area (Å²) in [5, 5.41) is 0. The van der Waals surface area contributed by atoms with E-state index >= 15 is 0 Å². The zero-order chi connectivity index (χ0) is 10.3. The zero-order valence-corrected chi connectivity index (χ0v) is 11.5. The summed E-state index contributed by atoms with van der Waals surface area (Å²) < 4.78 is 6.79. The van der Waals surface area contributed by atoms with Gasteiger partial charge in [-0.3, -0.25) is 0 Å². The number of ether oxygens (including phenoxy) is 1. The minimum Gasteiger partial charge on any atom is -0.370 e. The fraction of sp³-hybridized carbons (Fsp3) is 1.00. The maximum absolute atomic E-state index is 6.04. The van der Waals surface area contributed by atoms with E-state index in [0.29, 0.717) is 0 Å². The van der Waals surface area contributed by atoms with Gasteiger partial charge in [0, 0.05) is 3.92 Å². The van der Waals surface area contributed by atoms with Gasteiger partial charge in [0.15, 0.2) is 0 Å². The lowest BCUT2D eigenvalue weighted by atomic mass is 9.79. The zero-order valence-electron chi connectivity index (χ0n) is 9.36. The SMILES string of the molecule is CC(I)C1CC(C)(C)OC(C)(C)C1. The molecule has 0 aromatic rings. The summed E-state index contributed by atoms with van der Waals surface area (Å²) >= 11 is 2.54. The largest absolute Gasteiger partial charge is 0.370 e. The molecule has 0 N–H and O–H groups in total. The molecular formula is C11H21IO. The number of hydrogen-bond acceptors (Lipinski definition) is 1. The molecule has 2 heteroatoms. The summed E-state index contributed by atoms with van der Waals surface area (Å²) in [5.74, 6) is 0.805. The van der Waals surface area contributed by atoms with Crippen molar-refractivity contribution in [2.75, 3.05) is 0 Å². The molecule has 0 aromatic heterocycles. The standard InChI is InChI=1S/C11H21IO/c1-8(12)9-6-10(2,3)13-11(4,5)7-9/h8-9H,6-7H2,1-5H3. The minimum absolute atomic E-state index is 0.0614. The van der Waals surface area contributed by atoms with Gasteiger partial charge in [0.2, 0.25) is 0 Å². The first kappa shape index (κ1) is 11.8. The van der Waals surface area contributed by atoms with Gasteiger partial charge < -0.3 is 4.74 Å². The molecule has 1 heterocycles. The summed E-state index contributed by atoms with van der Waals surface area (Å²) in [4.78, 5) is 0. The highest BCUT2D eigenvalue weighted by Gasteiger charge is 2.40. The molecular weight excluding hydrogens is 275 g/mol. The van der Waals surface area contributed by atoms with Gasteiger partial charge in [-0.25, -0.2) is 0 Å². The monoisotopic (exact) mass is 296 g/mol. The molecule has 1 aliphatic rings. The van der Waals surface area contributed by atoms with Crippen molar-refractivity contribution in [3.63, 3.8) is 0 Å². The normalized spacial score (nSPS) is 30.0. The van der Waals surface area contributed by atoms with E-state index in [1.54, 1.807) is 0 Å². The summed E-state index contributed by atoms with van der Waals surface area (Å²) in [5.41, 5.74) is 0.123. The lowest BCUT2D eigenvalue weighted by molar-refractivity contribution is -0.171. The average molecular weight is 296 g/mol. The first-order chi connectivity index (χ1) is 5.72. The third kappa shape index (κ3) is 3.39. The van der Waals surface area contributed by atoms with Crippen LogP contribution in [-0.4, -0.2) is 15.1 Å². The van der Waals surface area contributed by atoms with Crippen molar-refractivity contribution in [2.45, 2.75) is 62.6 Å². The summed E-state index contributed by atoms with van der Waals surface area (Å²) in [6, 6.07) is 0. The molecule has 1 atom stereocenters. The van der Waals surface area contributed by atoms with E-state index in [1.807, 2.05) is 0 Å². The van der Waals surface area contributed by atoms with Gasteiger partial charge >= 0.3 is 0 Å². The van der Waals surface area contributed by atoms with E-state index in [9.17, 15) is 0 Å². The highest BCUT2D eigenvalue weighted by atomic mass is 127. The van der Waals surface area contributed by atoms with E-state index in [-0.39, 0.29) is 11.2 Å². The predicted molar refractivity (Wildman–Crippen MR) is 65.4 cm³/mol. The Balaban J connectivity index is 2.72. The van der Waals surface area contributed by atoms with Crippen molar-refractivity contribution in [3.8, 4) is 0 Å². The fourth-order valence-corrected chi connectivity index (χ4v) is 3.00. The molecule has 1 aliphatic heterocycles. The summed E-state index contributed by atoms with van der Waals surface area (Å²) in [6.07, 6.45) is 2.39. The highest BCUT2D eigenvalue weighted by molar-refractivity contribution is 14.1. The van der Waals surface area contributed by atoms with Crippen LogP contribution in [0.1, 0.15) is 47.5 Å². The van der Waals surface area contributed by atoms with Gasteiger partial charge in [-0.2, -0.15) is 0 Å². The molecule has 0 saturated carbocycles. The van der Waals surface area contributed by atoms with Gasteiger partial charge in [0.05, 0.1) is 11.2 Å². The van der Waals surface area contributed by atoms with Crippen molar-refractivity contribution in [2.24, 2.45) is 5.92 Å². The molecule has 1 fully saturated rings. The first-order valence-corrected chi connectivity index (χ1v) is 6.31. The number of hydrogen-bond donors (Lipinski definition) is 0. The molecule has 0 amide bonds. The van der Waals surface area contributed by atoms with Crippen LogP contribution in [0.4, 0.5) is 0 Å². The molecule has 0 spiro atoms. The van der Waals surface area contributed by atoms with Gasteiger partial charge in [0.1, 0.15) is 0 Å². The lowest BCUT2D eigenvalue weighted by Gasteiger charge is -2.46. The smallest absolute Gasteiger partial charge is 0.0636 e. The second-order valence-corrected chi connectivity index (χ2v) is 7.43. The molecule has 1 rings (SSSR count). The van der Waals surface area contributed by atoms with Gasteiger partial charge in [0.25, 0.3) is 0 Å². The van der Waals surface area contributed by atoms with Crippen molar-refractivity contribution in [1.29, 1.82) is 0 Å². The quantitative estimate of drug-likeness (QED) is 0.528. The molecule has 13 heavy (non-hydrogen) atoms. The molecule has 78 valence electrons. The second kappa shape index (κ2) is 3.69. The molecule has 0 radical (unpaired) electrons. The van der Waals surface area contributed by atoms with Crippen LogP contribution in [0.3, 0.4) is 0 Å². The third-order valence-corrected chi connectivity index (χ3v) is 3.73. The first-order valence-electron chi connectivity index (χ1n) is 5.06. The maximum atomic E-state index is 6.04. The Kier molecular flexibility index (Phi) is 3.34. The number of alkyl halides is 1. The predicted octanol–water partition coefficient (Wildman–Crippen LogP) is 3.79. The Morgan fingerprint density at radius 2 is 1.54 bits per heavy atom.